The summed E-state index contributed by atoms with van der Waals surface area (Å²) in [6.07, 6.45) is 0. The van der Waals surface area contributed by atoms with Gasteiger partial charge in [0.25, 0.3) is 0 Å². The topological polar surface area (TPSA) is 61.5 Å². The molecule has 76 valence electrons. The molecule has 0 unspecified atom stereocenters. The van der Waals surface area contributed by atoms with Crippen LogP contribution in [0.3, 0.4) is 0 Å². The number of methoxy groups -OCH3 is 2. The first kappa shape index (κ1) is 10.7. The summed E-state index contributed by atoms with van der Waals surface area (Å²) >= 11 is 5.81. The van der Waals surface area contributed by atoms with Gasteiger partial charge in [-0.05, 0) is 12.1 Å². The highest BCUT2D eigenvalue weighted by Crippen LogP contribution is 2.31. The van der Waals surface area contributed by atoms with E-state index in [0.29, 0.717) is 16.3 Å². The summed E-state index contributed by atoms with van der Waals surface area (Å²) in [5.41, 5.74) is 6.16. The molecule has 1 rings (SSSR count). The molecule has 1 aromatic carbocycles. The van der Waals surface area contributed by atoms with Crippen LogP contribution in [-0.4, -0.2) is 20.2 Å². The smallest absolute Gasteiger partial charge is 0.338 e. The molecule has 2 N–H and O–H groups in total. The molecule has 14 heavy (non-hydrogen) atoms. The Morgan fingerprint density at radius 1 is 1.43 bits per heavy atom. The van der Waals surface area contributed by atoms with Gasteiger partial charge < -0.3 is 15.2 Å². The molecule has 0 bridgehead atoms. The Hall–Kier alpha value is -1.42. The Balaban J connectivity index is 3.22. The molecule has 0 atom stereocenters. The van der Waals surface area contributed by atoms with Crippen molar-refractivity contribution >= 4 is 23.3 Å². The SMILES string of the molecule is COC(=O)c1cc(N)c(Cl)c(OC)c1. The molecule has 0 aliphatic carbocycles. The summed E-state index contributed by atoms with van der Waals surface area (Å²) in [5.74, 6) is -0.126. The van der Waals surface area contributed by atoms with Crippen molar-refractivity contribution in [1.82, 2.24) is 0 Å². The second kappa shape index (κ2) is 4.19. The van der Waals surface area contributed by atoms with Gasteiger partial charge in [-0.1, -0.05) is 11.6 Å². The van der Waals surface area contributed by atoms with Crippen molar-refractivity contribution in [2.75, 3.05) is 20.0 Å². The number of hydrogen-bond donors (Lipinski definition) is 1. The molecule has 0 radical (unpaired) electrons. The zero-order valence-corrected chi connectivity index (χ0v) is 8.59. The Morgan fingerprint density at radius 2 is 2.07 bits per heavy atom. The van der Waals surface area contributed by atoms with Gasteiger partial charge in [-0.25, -0.2) is 4.79 Å². The third-order valence-corrected chi connectivity index (χ3v) is 2.11. The van der Waals surface area contributed by atoms with Crippen molar-refractivity contribution < 1.29 is 14.3 Å². The zero-order valence-electron chi connectivity index (χ0n) is 7.83. The number of nitrogens with two attached hydrogens (primary N) is 1. The molecule has 0 amide bonds. The van der Waals surface area contributed by atoms with Crippen LogP contribution in [0.15, 0.2) is 12.1 Å². The van der Waals surface area contributed by atoms with Crippen molar-refractivity contribution in [2.45, 2.75) is 0 Å². The first-order valence-electron chi connectivity index (χ1n) is 3.81. The van der Waals surface area contributed by atoms with Gasteiger partial charge >= 0.3 is 5.97 Å². The number of ether oxygens (including phenoxy) is 2. The lowest BCUT2D eigenvalue weighted by molar-refractivity contribution is 0.0600. The van der Waals surface area contributed by atoms with Gasteiger partial charge in [0, 0.05) is 0 Å². The Bertz CT molecular complexity index is 365. The van der Waals surface area contributed by atoms with Gasteiger partial charge in [-0.3, -0.25) is 0 Å². The average molecular weight is 216 g/mol. The summed E-state index contributed by atoms with van der Waals surface area (Å²) in [6, 6.07) is 2.92. The number of carbonyl (C=O) groups excluding carboxylic acids is 1. The standard InChI is InChI=1S/C9H10ClNO3/c1-13-7-4-5(9(12)14-2)3-6(11)8(7)10/h3-4H,11H2,1-2H3. The number of esters is 1. The van der Waals surface area contributed by atoms with E-state index < -0.39 is 5.97 Å². The minimum absolute atomic E-state index is 0.284. The molecule has 0 saturated heterocycles. The number of hydrogen-bond acceptors (Lipinski definition) is 4. The van der Waals surface area contributed by atoms with Gasteiger partial charge in [0.15, 0.2) is 0 Å². The van der Waals surface area contributed by atoms with Crippen LogP contribution in [-0.2, 0) is 4.74 Å². The number of anilines is 1. The molecule has 1 aromatic rings. The largest absolute Gasteiger partial charge is 0.495 e. The maximum absolute atomic E-state index is 11.2. The van der Waals surface area contributed by atoms with E-state index in [1.807, 2.05) is 0 Å². The van der Waals surface area contributed by atoms with Crippen LogP contribution in [0.1, 0.15) is 10.4 Å². The van der Waals surface area contributed by atoms with Gasteiger partial charge in [-0.15, -0.1) is 0 Å². The van der Waals surface area contributed by atoms with Gasteiger partial charge in [0.05, 0.1) is 25.5 Å². The maximum Gasteiger partial charge on any atom is 0.338 e. The second-order valence-electron chi connectivity index (χ2n) is 2.57. The van der Waals surface area contributed by atoms with Crippen LogP contribution < -0.4 is 10.5 Å². The maximum atomic E-state index is 11.2. The number of rotatable bonds is 2. The van der Waals surface area contributed by atoms with E-state index in [4.69, 9.17) is 22.1 Å². The molecule has 0 fully saturated rings. The summed E-state index contributed by atoms with van der Waals surface area (Å²) in [7, 11) is 2.74. The monoisotopic (exact) mass is 215 g/mol. The third-order valence-electron chi connectivity index (χ3n) is 1.71. The normalized spacial score (nSPS) is 9.64. The van der Waals surface area contributed by atoms with E-state index in [-0.39, 0.29) is 5.69 Å². The van der Waals surface area contributed by atoms with Crippen molar-refractivity contribution in [3.8, 4) is 5.75 Å². The minimum Gasteiger partial charge on any atom is -0.495 e. The van der Waals surface area contributed by atoms with Crippen LogP contribution in [0.4, 0.5) is 5.69 Å². The lowest BCUT2D eigenvalue weighted by Crippen LogP contribution is -2.03. The molecular weight excluding hydrogens is 206 g/mol. The molecule has 0 aliphatic heterocycles. The highest BCUT2D eigenvalue weighted by Gasteiger charge is 2.12. The van der Waals surface area contributed by atoms with Crippen LogP contribution in [0, 0.1) is 0 Å². The average Bonchev–Trinajstić information content (AvgIpc) is 2.20. The number of nitrogen functional groups attached to an aromatic ring is 1. The Labute approximate surface area is 86.6 Å². The summed E-state index contributed by atoms with van der Waals surface area (Å²) in [4.78, 5) is 11.2. The summed E-state index contributed by atoms with van der Waals surface area (Å²) < 4.78 is 9.48. The van der Waals surface area contributed by atoms with Crippen molar-refractivity contribution in [1.29, 1.82) is 0 Å². The predicted octanol–water partition coefficient (Wildman–Crippen LogP) is 1.72. The van der Waals surface area contributed by atoms with E-state index >= 15 is 0 Å². The van der Waals surface area contributed by atoms with Crippen LogP contribution >= 0.6 is 11.6 Å². The van der Waals surface area contributed by atoms with E-state index in [0.717, 1.165) is 0 Å². The number of benzene rings is 1. The molecule has 0 aliphatic rings. The first-order valence-corrected chi connectivity index (χ1v) is 4.19. The molecule has 0 saturated carbocycles. The van der Waals surface area contributed by atoms with E-state index in [1.54, 1.807) is 0 Å². The fraction of sp³-hybridized carbons (Fsp3) is 0.222. The van der Waals surface area contributed by atoms with Gasteiger partial charge in [-0.2, -0.15) is 0 Å². The van der Waals surface area contributed by atoms with Gasteiger partial charge in [0.1, 0.15) is 10.8 Å². The molecule has 0 heterocycles. The number of carbonyl (C=O) groups is 1. The van der Waals surface area contributed by atoms with Crippen molar-refractivity contribution in [3.63, 3.8) is 0 Å². The molecule has 0 aromatic heterocycles. The highest BCUT2D eigenvalue weighted by atomic mass is 35.5. The summed E-state index contributed by atoms with van der Waals surface area (Å²) in [5, 5.41) is 0.292. The molecule has 0 spiro atoms. The predicted molar refractivity (Wildman–Crippen MR) is 53.8 cm³/mol. The molecule has 5 heteroatoms. The zero-order chi connectivity index (χ0) is 10.7. The summed E-state index contributed by atoms with van der Waals surface area (Å²) in [6.45, 7) is 0. The first-order chi connectivity index (χ1) is 6.60. The Morgan fingerprint density at radius 3 is 2.57 bits per heavy atom. The number of halogens is 1. The van der Waals surface area contributed by atoms with Crippen LogP contribution in [0.25, 0.3) is 0 Å². The Kier molecular flexibility index (Phi) is 3.19. The van der Waals surface area contributed by atoms with Crippen LogP contribution in [0.2, 0.25) is 5.02 Å². The lowest BCUT2D eigenvalue weighted by atomic mass is 10.2. The van der Waals surface area contributed by atoms with Gasteiger partial charge in [0.2, 0.25) is 0 Å². The highest BCUT2D eigenvalue weighted by molar-refractivity contribution is 6.34. The second-order valence-corrected chi connectivity index (χ2v) is 2.95. The molecule has 4 nitrogen and oxygen atoms in total. The van der Waals surface area contributed by atoms with E-state index in [9.17, 15) is 4.79 Å². The quantitative estimate of drug-likeness (QED) is 0.603. The van der Waals surface area contributed by atoms with E-state index in [2.05, 4.69) is 4.74 Å². The lowest BCUT2D eigenvalue weighted by Gasteiger charge is -2.07. The van der Waals surface area contributed by atoms with Crippen LogP contribution in [0.5, 0.6) is 5.75 Å². The van der Waals surface area contributed by atoms with E-state index in [1.165, 1.54) is 26.4 Å². The third kappa shape index (κ3) is 1.90. The molecular formula is C9H10ClNO3. The van der Waals surface area contributed by atoms with Crippen molar-refractivity contribution in [3.05, 3.63) is 22.7 Å². The minimum atomic E-state index is -0.480. The van der Waals surface area contributed by atoms with Crippen molar-refractivity contribution in [2.24, 2.45) is 0 Å². The fourth-order valence-corrected chi connectivity index (χ4v) is 1.19. The fourth-order valence-electron chi connectivity index (χ4n) is 1.00.